The zero-order valence-electron chi connectivity index (χ0n) is 26.1. The molecule has 0 rings (SSSR count). The van der Waals surface area contributed by atoms with E-state index in [4.69, 9.17) is 4.74 Å². The molecule has 0 radical (unpaired) electrons. The van der Waals surface area contributed by atoms with E-state index in [0.29, 0.717) is 13.0 Å². The molecule has 0 aromatic heterocycles. The van der Waals surface area contributed by atoms with Crippen LogP contribution in [-0.2, 0) is 9.53 Å². The SMILES string of the molecule is CCCCCCCCC=CCCCCCCCCOC(=O)CCCCCCCC=CCCCCCCCC. The molecule has 0 bridgehead atoms. The van der Waals surface area contributed by atoms with Gasteiger partial charge in [-0.1, -0.05) is 147 Å². The number of ether oxygens (including phenoxy) is 1. The van der Waals surface area contributed by atoms with Crippen LogP contribution in [0.3, 0.4) is 0 Å². The third-order valence-corrected chi connectivity index (χ3v) is 7.56. The molecule has 0 N–H and O–H groups in total. The van der Waals surface area contributed by atoms with Gasteiger partial charge in [0.05, 0.1) is 6.61 Å². The van der Waals surface area contributed by atoms with E-state index in [9.17, 15) is 4.79 Å². The molecule has 0 spiro atoms. The molecule has 0 saturated heterocycles. The number of carbonyl (C=O) groups excluding carboxylic acids is 1. The van der Waals surface area contributed by atoms with Crippen molar-refractivity contribution >= 4 is 5.97 Å². The number of carbonyl (C=O) groups is 1. The number of hydrogen-bond acceptors (Lipinski definition) is 2. The lowest BCUT2D eigenvalue weighted by molar-refractivity contribution is -0.143. The molecule has 0 aromatic rings. The maximum absolute atomic E-state index is 11.9. The summed E-state index contributed by atoms with van der Waals surface area (Å²) in [4.78, 5) is 11.9. The van der Waals surface area contributed by atoms with Gasteiger partial charge in [0.1, 0.15) is 0 Å². The van der Waals surface area contributed by atoms with Gasteiger partial charge in [0, 0.05) is 6.42 Å². The van der Waals surface area contributed by atoms with Crippen molar-refractivity contribution in [3.63, 3.8) is 0 Å². The van der Waals surface area contributed by atoms with Gasteiger partial charge in [0.15, 0.2) is 0 Å². The van der Waals surface area contributed by atoms with E-state index in [0.717, 1.165) is 19.3 Å². The van der Waals surface area contributed by atoms with Crippen molar-refractivity contribution in [2.45, 2.75) is 194 Å². The average Bonchev–Trinajstić information content (AvgIpc) is 2.92. The van der Waals surface area contributed by atoms with Crippen LogP contribution in [0, 0.1) is 0 Å². The van der Waals surface area contributed by atoms with Crippen molar-refractivity contribution in [3.05, 3.63) is 24.3 Å². The summed E-state index contributed by atoms with van der Waals surface area (Å²) in [7, 11) is 0. The fraction of sp³-hybridized carbons (Fsp3) is 0.861. The first-order valence-electron chi connectivity index (χ1n) is 17.3. The van der Waals surface area contributed by atoms with Crippen molar-refractivity contribution in [2.75, 3.05) is 6.61 Å². The van der Waals surface area contributed by atoms with Crippen LogP contribution in [0.5, 0.6) is 0 Å². The molecule has 0 aliphatic heterocycles. The fourth-order valence-electron chi connectivity index (χ4n) is 4.95. The number of unbranched alkanes of at least 4 members (excludes halogenated alkanes) is 23. The quantitative estimate of drug-likeness (QED) is 0.0504. The van der Waals surface area contributed by atoms with E-state index in [1.807, 2.05) is 0 Å². The maximum atomic E-state index is 11.9. The minimum atomic E-state index is 0.00961. The molecular formula is C36H68O2. The molecule has 0 unspecified atom stereocenters. The van der Waals surface area contributed by atoms with Crippen molar-refractivity contribution < 1.29 is 9.53 Å². The normalized spacial score (nSPS) is 11.7. The highest BCUT2D eigenvalue weighted by Gasteiger charge is 2.02. The molecule has 0 aliphatic carbocycles. The first kappa shape index (κ1) is 37.0. The van der Waals surface area contributed by atoms with E-state index in [2.05, 4.69) is 38.2 Å². The van der Waals surface area contributed by atoms with E-state index in [-0.39, 0.29) is 5.97 Å². The number of hydrogen-bond donors (Lipinski definition) is 0. The first-order valence-corrected chi connectivity index (χ1v) is 17.3. The summed E-state index contributed by atoms with van der Waals surface area (Å²) in [6.07, 6.45) is 45.2. The topological polar surface area (TPSA) is 26.3 Å². The Balaban J connectivity index is 3.23. The summed E-state index contributed by atoms with van der Waals surface area (Å²) in [6, 6.07) is 0. The number of allylic oxidation sites excluding steroid dienone is 4. The Morgan fingerprint density at radius 2 is 0.737 bits per heavy atom. The van der Waals surface area contributed by atoms with Gasteiger partial charge in [-0.3, -0.25) is 4.79 Å². The Hall–Kier alpha value is -1.05. The average molecular weight is 533 g/mol. The smallest absolute Gasteiger partial charge is 0.305 e. The van der Waals surface area contributed by atoms with Crippen LogP contribution in [0.1, 0.15) is 194 Å². The van der Waals surface area contributed by atoms with Gasteiger partial charge in [-0.05, 0) is 64.2 Å². The van der Waals surface area contributed by atoms with Gasteiger partial charge in [0.2, 0.25) is 0 Å². The molecular weight excluding hydrogens is 464 g/mol. The second-order valence-corrected chi connectivity index (χ2v) is 11.5. The van der Waals surface area contributed by atoms with Crippen LogP contribution in [0.4, 0.5) is 0 Å². The molecule has 224 valence electrons. The minimum absolute atomic E-state index is 0.00961. The molecule has 38 heavy (non-hydrogen) atoms. The van der Waals surface area contributed by atoms with Gasteiger partial charge < -0.3 is 4.74 Å². The summed E-state index contributed by atoms with van der Waals surface area (Å²) >= 11 is 0. The summed E-state index contributed by atoms with van der Waals surface area (Å²) in [5.41, 5.74) is 0. The van der Waals surface area contributed by atoms with Crippen LogP contribution in [0.2, 0.25) is 0 Å². The Morgan fingerprint density at radius 1 is 0.421 bits per heavy atom. The molecule has 0 aliphatic rings. The van der Waals surface area contributed by atoms with Crippen LogP contribution >= 0.6 is 0 Å². The van der Waals surface area contributed by atoms with Gasteiger partial charge >= 0.3 is 5.97 Å². The van der Waals surface area contributed by atoms with Gasteiger partial charge in [0.25, 0.3) is 0 Å². The highest BCUT2D eigenvalue weighted by molar-refractivity contribution is 5.69. The van der Waals surface area contributed by atoms with Gasteiger partial charge in [-0.15, -0.1) is 0 Å². The van der Waals surface area contributed by atoms with E-state index in [1.54, 1.807) is 0 Å². The molecule has 0 amide bonds. The van der Waals surface area contributed by atoms with E-state index >= 15 is 0 Å². The Bertz CT molecular complexity index is 507. The van der Waals surface area contributed by atoms with Crippen molar-refractivity contribution in [1.82, 2.24) is 0 Å². The zero-order valence-corrected chi connectivity index (χ0v) is 26.1. The fourth-order valence-corrected chi connectivity index (χ4v) is 4.95. The summed E-state index contributed by atoms with van der Waals surface area (Å²) in [6.45, 7) is 5.17. The first-order chi connectivity index (χ1) is 18.8. The monoisotopic (exact) mass is 533 g/mol. The molecule has 0 fully saturated rings. The summed E-state index contributed by atoms with van der Waals surface area (Å²) < 4.78 is 5.42. The molecule has 0 heterocycles. The van der Waals surface area contributed by atoms with E-state index in [1.165, 1.54) is 154 Å². The summed E-state index contributed by atoms with van der Waals surface area (Å²) in [5, 5.41) is 0. The summed E-state index contributed by atoms with van der Waals surface area (Å²) in [5.74, 6) is 0.00961. The largest absolute Gasteiger partial charge is 0.466 e. The van der Waals surface area contributed by atoms with E-state index < -0.39 is 0 Å². The molecule has 2 nitrogen and oxygen atoms in total. The Labute approximate surface area is 239 Å². The third-order valence-electron chi connectivity index (χ3n) is 7.56. The maximum Gasteiger partial charge on any atom is 0.305 e. The lowest BCUT2D eigenvalue weighted by Crippen LogP contribution is -2.05. The Kier molecular flexibility index (Phi) is 33.0. The standard InChI is InChI=1S/C36H68O2/c1-3-5-7-9-11-13-15-17-19-21-23-25-27-29-31-33-35-38-36(37)34-32-30-28-26-24-22-20-18-16-14-12-10-8-6-4-2/h17-20H,3-16,21-35H2,1-2H3. The van der Waals surface area contributed by atoms with Crippen molar-refractivity contribution in [3.8, 4) is 0 Å². The van der Waals surface area contributed by atoms with Gasteiger partial charge in [-0.25, -0.2) is 0 Å². The van der Waals surface area contributed by atoms with Crippen LogP contribution < -0.4 is 0 Å². The van der Waals surface area contributed by atoms with Crippen LogP contribution in [0.25, 0.3) is 0 Å². The van der Waals surface area contributed by atoms with Gasteiger partial charge in [-0.2, -0.15) is 0 Å². The highest BCUT2D eigenvalue weighted by Crippen LogP contribution is 2.12. The molecule has 0 atom stereocenters. The molecule has 0 saturated carbocycles. The minimum Gasteiger partial charge on any atom is -0.466 e. The number of esters is 1. The number of rotatable bonds is 31. The van der Waals surface area contributed by atoms with Crippen LogP contribution in [0.15, 0.2) is 24.3 Å². The lowest BCUT2D eigenvalue weighted by Gasteiger charge is -2.05. The third kappa shape index (κ3) is 33.0. The highest BCUT2D eigenvalue weighted by atomic mass is 16.5. The van der Waals surface area contributed by atoms with Crippen LogP contribution in [-0.4, -0.2) is 12.6 Å². The second-order valence-electron chi connectivity index (χ2n) is 11.5. The second kappa shape index (κ2) is 34.0. The zero-order chi connectivity index (χ0) is 27.6. The molecule has 0 aromatic carbocycles. The van der Waals surface area contributed by atoms with Crippen molar-refractivity contribution in [2.24, 2.45) is 0 Å². The predicted molar refractivity (Wildman–Crippen MR) is 170 cm³/mol. The van der Waals surface area contributed by atoms with Crippen molar-refractivity contribution in [1.29, 1.82) is 0 Å². The Morgan fingerprint density at radius 3 is 1.13 bits per heavy atom. The lowest BCUT2D eigenvalue weighted by atomic mass is 10.1. The molecule has 2 heteroatoms. The predicted octanol–water partition coefficient (Wildman–Crippen LogP) is 12.6.